The highest BCUT2D eigenvalue weighted by Crippen LogP contribution is 2.29. The maximum atomic E-state index is 11.5. The molecule has 16 heavy (non-hydrogen) atoms. The monoisotopic (exact) mass is 226 g/mol. The summed E-state index contributed by atoms with van der Waals surface area (Å²) in [6.45, 7) is 4.58. The van der Waals surface area contributed by atoms with Crippen molar-refractivity contribution < 1.29 is 4.79 Å². The third-order valence-corrected chi connectivity index (χ3v) is 3.39. The van der Waals surface area contributed by atoms with Gasteiger partial charge in [-0.3, -0.25) is 0 Å². The van der Waals surface area contributed by atoms with Crippen LogP contribution in [0.3, 0.4) is 0 Å². The molecule has 0 radical (unpaired) electrons. The van der Waals surface area contributed by atoms with E-state index in [1.165, 1.54) is 19.3 Å². The molecule has 0 aromatic rings. The Hall–Kier alpha value is -0.730. The third-order valence-electron chi connectivity index (χ3n) is 3.39. The topological polar surface area (TPSA) is 32.3 Å². The molecular formula is C13H26N2O. The van der Waals surface area contributed by atoms with Crippen molar-refractivity contribution in [3.05, 3.63) is 0 Å². The van der Waals surface area contributed by atoms with Crippen LogP contribution >= 0.6 is 0 Å². The van der Waals surface area contributed by atoms with Gasteiger partial charge in [0.05, 0.1) is 0 Å². The van der Waals surface area contributed by atoms with Crippen LogP contribution in [0.4, 0.5) is 4.79 Å². The first-order valence-electron chi connectivity index (χ1n) is 6.47. The van der Waals surface area contributed by atoms with Gasteiger partial charge >= 0.3 is 6.03 Å². The molecule has 0 saturated heterocycles. The van der Waals surface area contributed by atoms with Gasteiger partial charge in [-0.2, -0.15) is 0 Å². The van der Waals surface area contributed by atoms with Gasteiger partial charge in [0.15, 0.2) is 0 Å². The van der Waals surface area contributed by atoms with Crippen molar-refractivity contribution in [1.82, 2.24) is 10.2 Å². The van der Waals surface area contributed by atoms with Crippen molar-refractivity contribution in [2.24, 2.45) is 11.8 Å². The fraction of sp³-hybridized carbons (Fsp3) is 0.923. The van der Waals surface area contributed by atoms with Crippen LogP contribution in [-0.4, -0.2) is 31.1 Å². The van der Waals surface area contributed by atoms with Crippen LogP contribution in [0, 0.1) is 11.8 Å². The largest absolute Gasteiger partial charge is 0.335 e. The van der Waals surface area contributed by atoms with Crippen molar-refractivity contribution in [3.63, 3.8) is 0 Å². The summed E-state index contributed by atoms with van der Waals surface area (Å²) in [7, 11) is 3.58. The van der Waals surface area contributed by atoms with E-state index in [-0.39, 0.29) is 6.03 Å². The van der Waals surface area contributed by atoms with Crippen LogP contribution < -0.4 is 5.32 Å². The summed E-state index contributed by atoms with van der Waals surface area (Å²) in [5, 5.41) is 3.08. The van der Waals surface area contributed by atoms with Gasteiger partial charge in [0, 0.05) is 20.1 Å². The maximum Gasteiger partial charge on any atom is 0.317 e. The lowest BCUT2D eigenvalue weighted by atomic mass is 9.81. The molecule has 0 aliphatic heterocycles. The van der Waals surface area contributed by atoms with Crippen LogP contribution in [0.1, 0.15) is 46.0 Å². The highest BCUT2D eigenvalue weighted by molar-refractivity contribution is 5.73. The predicted octanol–water partition coefficient (Wildman–Crippen LogP) is 2.86. The summed E-state index contributed by atoms with van der Waals surface area (Å²) in [5.41, 5.74) is 0. The minimum atomic E-state index is 0.0484. The Balaban J connectivity index is 2.24. The summed E-state index contributed by atoms with van der Waals surface area (Å²) in [6, 6.07) is 0.450. The molecular weight excluding hydrogens is 200 g/mol. The molecule has 1 saturated carbocycles. The first-order valence-corrected chi connectivity index (χ1v) is 6.47. The van der Waals surface area contributed by atoms with Gasteiger partial charge in [-0.05, 0) is 43.9 Å². The lowest BCUT2D eigenvalue weighted by Crippen LogP contribution is -2.43. The fourth-order valence-electron chi connectivity index (χ4n) is 2.51. The van der Waals surface area contributed by atoms with Crippen molar-refractivity contribution in [2.75, 3.05) is 14.1 Å². The van der Waals surface area contributed by atoms with E-state index in [1.54, 1.807) is 19.0 Å². The van der Waals surface area contributed by atoms with Gasteiger partial charge in [0.1, 0.15) is 0 Å². The molecule has 0 atom stereocenters. The Labute approximate surface area is 99.6 Å². The first-order chi connectivity index (χ1) is 7.49. The molecule has 1 N–H and O–H groups in total. The summed E-state index contributed by atoms with van der Waals surface area (Å²) >= 11 is 0. The van der Waals surface area contributed by atoms with Crippen molar-refractivity contribution >= 4 is 6.03 Å². The highest BCUT2D eigenvalue weighted by Gasteiger charge is 2.23. The van der Waals surface area contributed by atoms with E-state index in [0.717, 1.165) is 24.7 Å². The van der Waals surface area contributed by atoms with Crippen molar-refractivity contribution in [1.29, 1.82) is 0 Å². The van der Waals surface area contributed by atoms with E-state index in [1.807, 2.05) is 0 Å². The standard InChI is InChI=1S/C13H26N2O/c1-10(2)9-11-5-7-12(8-6-11)14-13(16)15(3)4/h10-12H,5-9H2,1-4H3,(H,14,16). The molecule has 3 nitrogen and oxygen atoms in total. The summed E-state index contributed by atoms with van der Waals surface area (Å²) in [6.07, 6.45) is 6.19. The number of carbonyl (C=O) groups excluding carboxylic acids is 1. The zero-order valence-electron chi connectivity index (χ0n) is 11.1. The second kappa shape index (κ2) is 6.12. The zero-order chi connectivity index (χ0) is 12.1. The van der Waals surface area contributed by atoms with Gasteiger partial charge in [0.25, 0.3) is 0 Å². The zero-order valence-corrected chi connectivity index (χ0v) is 11.1. The highest BCUT2D eigenvalue weighted by atomic mass is 16.2. The number of nitrogens with one attached hydrogen (secondary N) is 1. The SMILES string of the molecule is CC(C)CC1CCC(NC(=O)N(C)C)CC1. The second-order valence-corrected chi connectivity index (χ2v) is 5.69. The Morgan fingerprint density at radius 1 is 1.25 bits per heavy atom. The molecule has 0 bridgehead atoms. The quantitative estimate of drug-likeness (QED) is 0.788. The normalized spacial score (nSPS) is 25.6. The lowest BCUT2D eigenvalue weighted by Gasteiger charge is -2.30. The molecule has 2 amide bonds. The predicted molar refractivity (Wildman–Crippen MR) is 67.4 cm³/mol. The van der Waals surface area contributed by atoms with Crippen LogP contribution in [-0.2, 0) is 0 Å². The van der Waals surface area contributed by atoms with Crippen LogP contribution in [0.2, 0.25) is 0 Å². The number of nitrogens with zero attached hydrogens (tertiary/aromatic N) is 1. The molecule has 1 aliphatic rings. The third kappa shape index (κ3) is 4.42. The number of urea groups is 1. The Morgan fingerprint density at radius 2 is 1.81 bits per heavy atom. The maximum absolute atomic E-state index is 11.5. The molecule has 0 spiro atoms. The molecule has 0 aromatic heterocycles. The number of carbonyl (C=O) groups is 1. The van der Waals surface area contributed by atoms with Crippen molar-refractivity contribution in [2.45, 2.75) is 52.0 Å². The molecule has 1 fully saturated rings. The van der Waals surface area contributed by atoms with E-state index in [2.05, 4.69) is 19.2 Å². The molecule has 3 heteroatoms. The molecule has 1 aliphatic carbocycles. The van der Waals surface area contributed by atoms with Crippen molar-refractivity contribution in [3.8, 4) is 0 Å². The Bertz CT molecular complexity index is 218. The minimum absolute atomic E-state index is 0.0484. The average molecular weight is 226 g/mol. The number of rotatable bonds is 3. The molecule has 0 heterocycles. The fourth-order valence-corrected chi connectivity index (χ4v) is 2.51. The van der Waals surface area contributed by atoms with Gasteiger partial charge in [0.2, 0.25) is 0 Å². The van der Waals surface area contributed by atoms with Gasteiger partial charge in [-0.1, -0.05) is 13.8 Å². The number of amides is 2. The van der Waals surface area contributed by atoms with E-state index >= 15 is 0 Å². The number of hydrogen-bond donors (Lipinski definition) is 1. The average Bonchev–Trinajstić information content (AvgIpc) is 2.20. The van der Waals surface area contributed by atoms with E-state index in [9.17, 15) is 4.79 Å². The summed E-state index contributed by atoms with van der Waals surface area (Å²) in [4.78, 5) is 13.1. The first kappa shape index (κ1) is 13.3. The van der Waals surface area contributed by atoms with Gasteiger partial charge in [-0.15, -0.1) is 0 Å². The Morgan fingerprint density at radius 3 is 2.25 bits per heavy atom. The second-order valence-electron chi connectivity index (χ2n) is 5.69. The molecule has 0 unspecified atom stereocenters. The van der Waals surface area contributed by atoms with E-state index < -0.39 is 0 Å². The van der Waals surface area contributed by atoms with Crippen LogP contribution in [0.25, 0.3) is 0 Å². The van der Waals surface area contributed by atoms with Gasteiger partial charge < -0.3 is 10.2 Å². The molecule has 94 valence electrons. The Kier molecular flexibility index (Phi) is 5.10. The molecule has 1 rings (SSSR count). The number of hydrogen-bond acceptors (Lipinski definition) is 1. The van der Waals surface area contributed by atoms with E-state index in [4.69, 9.17) is 0 Å². The van der Waals surface area contributed by atoms with E-state index in [0.29, 0.717) is 6.04 Å². The van der Waals surface area contributed by atoms with Gasteiger partial charge in [-0.25, -0.2) is 4.79 Å². The van der Waals surface area contributed by atoms with Crippen LogP contribution in [0.15, 0.2) is 0 Å². The lowest BCUT2D eigenvalue weighted by molar-refractivity contribution is 0.201. The minimum Gasteiger partial charge on any atom is -0.335 e. The summed E-state index contributed by atoms with van der Waals surface area (Å²) < 4.78 is 0. The van der Waals surface area contributed by atoms with Crippen LogP contribution in [0.5, 0.6) is 0 Å². The smallest absolute Gasteiger partial charge is 0.317 e. The summed E-state index contributed by atoms with van der Waals surface area (Å²) in [5.74, 6) is 1.69. The molecule has 0 aromatic carbocycles.